The lowest BCUT2D eigenvalue weighted by Gasteiger charge is -2.07. The molecule has 2 heterocycles. The normalized spacial score (nSPS) is 10.8. The molecule has 0 aliphatic heterocycles. The van der Waals surface area contributed by atoms with Crippen LogP contribution in [0.5, 0.6) is 5.75 Å². The number of anilines is 1. The van der Waals surface area contributed by atoms with Gasteiger partial charge in [-0.3, -0.25) is 10.1 Å². The van der Waals surface area contributed by atoms with Crippen LogP contribution in [-0.2, 0) is 13.2 Å². The first-order valence-corrected chi connectivity index (χ1v) is 9.65. The Kier molecular flexibility index (Phi) is 5.94. The first kappa shape index (κ1) is 20.5. The summed E-state index contributed by atoms with van der Waals surface area (Å²) in [6.07, 6.45) is 1.48. The third-order valence-corrected chi connectivity index (χ3v) is 4.83. The molecule has 1 N–H and O–H groups in total. The molecule has 1 amide bonds. The van der Waals surface area contributed by atoms with E-state index in [9.17, 15) is 9.18 Å². The molecule has 0 saturated carbocycles. The lowest BCUT2D eigenvalue weighted by Crippen LogP contribution is -2.16. The number of amides is 1. The van der Waals surface area contributed by atoms with Gasteiger partial charge in [-0.25, -0.2) is 14.1 Å². The van der Waals surface area contributed by atoms with Crippen molar-refractivity contribution < 1.29 is 18.4 Å². The number of para-hydroxylation sites is 1. The predicted molar refractivity (Wildman–Crippen MR) is 111 cm³/mol. The van der Waals surface area contributed by atoms with Gasteiger partial charge in [-0.15, -0.1) is 5.10 Å². The molecule has 4 rings (SSSR count). The highest BCUT2D eigenvalue weighted by Crippen LogP contribution is 2.21. The first-order chi connectivity index (χ1) is 15.0. The number of ether oxygens (including phenoxy) is 1. The molecule has 0 fully saturated rings. The van der Waals surface area contributed by atoms with Crippen molar-refractivity contribution in [1.82, 2.24) is 19.9 Å². The summed E-state index contributed by atoms with van der Waals surface area (Å²) in [6, 6.07) is 13.4. The summed E-state index contributed by atoms with van der Waals surface area (Å²) in [5.74, 6) is -0.526. The van der Waals surface area contributed by atoms with Crippen molar-refractivity contribution in [2.75, 3.05) is 5.32 Å². The summed E-state index contributed by atoms with van der Waals surface area (Å²) in [5, 5.41) is 11.2. The van der Waals surface area contributed by atoms with Crippen molar-refractivity contribution >= 4 is 23.5 Å². The number of rotatable bonds is 7. The Morgan fingerprint density at radius 2 is 2.00 bits per heavy atom. The zero-order valence-corrected chi connectivity index (χ0v) is 17.1. The molecule has 4 aromatic rings. The number of hydrogen-bond donors (Lipinski definition) is 1. The average Bonchev–Trinajstić information content (AvgIpc) is 3.35. The Labute approximate surface area is 181 Å². The van der Waals surface area contributed by atoms with Crippen LogP contribution in [-0.4, -0.2) is 25.8 Å². The van der Waals surface area contributed by atoms with Crippen LogP contribution in [0.25, 0.3) is 0 Å². The smallest absolute Gasteiger partial charge is 0.280 e. The highest BCUT2D eigenvalue weighted by atomic mass is 35.5. The Balaban J connectivity index is 1.44. The van der Waals surface area contributed by atoms with Crippen LogP contribution < -0.4 is 10.1 Å². The van der Waals surface area contributed by atoms with Gasteiger partial charge in [0.1, 0.15) is 18.7 Å². The second-order valence-electron chi connectivity index (χ2n) is 6.60. The molecule has 158 valence electrons. The van der Waals surface area contributed by atoms with E-state index in [1.165, 1.54) is 18.5 Å². The molecule has 0 radical (unpaired) electrons. The minimum atomic E-state index is -0.570. The van der Waals surface area contributed by atoms with Gasteiger partial charge in [0.25, 0.3) is 5.91 Å². The summed E-state index contributed by atoms with van der Waals surface area (Å²) < 4.78 is 25.9. The van der Waals surface area contributed by atoms with Crippen molar-refractivity contribution in [2.45, 2.75) is 20.1 Å². The van der Waals surface area contributed by atoms with E-state index in [0.29, 0.717) is 22.9 Å². The van der Waals surface area contributed by atoms with Crippen LogP contribution in [0.1, 0.15) is 27.4 Å². The van der Waals surface area contributed by atoms with E-state index in [-0.39, 0.29) is 24.0 Å². The number of aromatic nitrogens is 4. The third-order valence-electron chi connectivity index (χ3n) is 4.46. The Morgan fingerprint density at radius 3 is 2.81 bits per heavy atom. The van der Waals surface area contributed by atoms with Crippen molar-refractivity contribution in [3.8, 4) is 5.75 Å². The molecule has 0 atom stereocenters. The number of aryl methyl sites for hydroxylation is 1. The number of hydrogen-bond acceptors (Lipinski definition) is 6. The van der Waals surface area contributed by atoms with E-state index in [1.54, 1.807) is 29.8 Å². The monoisotopic (exact) mass is 441 g/mol. The summed E-state index contributed by atoms with van der Waals surface area (Å²) in [5.41, 5.74) is 1.28. The lowest BCUT2D eigenvalue weighted by molar-refractivity contribution is 0.101. The lowest BCUT2D eigenvalue weighted by atomic mass is 10.2. The zero-order valence-electron chi connectivity index (χ0n) is 16.4. The maximum Gasteiger partial charge on any atom is 0.280 e. The van der Waals surface area contributed by atoms with Gasteiger partial charge >= 0.3 is 0 Å². The molecule has 2 aromatic carbocycles. The summed E-state index contributed by atoms with van der Waals surface area (Å²) in [4.78, 5) is 16.8. The standard InChI is InChI=1S/C21H17ClFN5O3/c1-13-15(11-30-18-9-5-4-8-17(18)23)19(27-31-13)20(29)25-21-24-12-28(26-21)10-14-6-2-3-7-16(14)22/h2-9,12H,10-11H2,1H3,(H,25,26,29). The fourth-order valence-electron chi connectivity index (χ4n) is 2.84. The van der Waals surface area contributed by atoms with E-state index in [0.717, 1.165) is 5.56 Å². The van der Waals surface area contributed by atoms with Crippen molar-refractivity contribution in [1.29, 1.82) is 0 Å². The quantitative estimate of drug-likeness (QED) is 0.460. The molecule has 31 heavy (non-hydrogen) atoms. The SMILES string of the molecule is Cc1onc(C(=O)Nc2ncn(Cc3ccccc3Cl)n2)c1COc1ccccc1F. The van der Waals surface area contributed by atoms with E-state index < -0.39 is 11.7 Å². The first-order valence-electron chi connectivity index (χ1n) is 9.28. The van der Waals surface area contributed by atoms with Crippen LogP contribution in [0.15, 0.2) is 59.4 Å². The zero-order chi connectivity index (χ0) is 21.8. The number of nitrogens with zero attached hydrogens (tertiary/aromatic N) is 4. The average molecular weight is 442 g/mol. The molecule has 0 saturated heterocycles. The third kappa shape index (κ3) is 4.72. The fourth-order valence-corrected chi connectivity index (χ4v) is 3.04. The van der Waals surface area contributed by atoms with Crippen LogP contribution in [0, 0.1) is 12.7 Å². The van der Waals surface area contributed by atoms with Gasteiger partial charge in [0.2, 0.25) is 5.95 Å². The molecule has 0 bridgehead atoms. The number of carbonyl (C=O) groups excluding carboxylic acids is 1. The van der Waals surface area contributed by atoms with Crippen LogP contribution in [0.2, 0.25) is 5.02 Å². The topological polar surface area (TPSA) is 95.1 Å². The second kappa shape index (κ2) is 8.97. The van der Waals surface area contributed by atoms with Crippen LogP contribution >= 0.6 is 11.6 Å². The van der Waals surface area contributed by atoms with Crippen molar-refractivity contribution in [3.05, 3.63) is 88.3 Å². The summed E-state index contributed by atoms with van der Waals surface area (Å²) >= 11 is 6.16. The number of carbonyl (C=O) groups is 1. The Bertz CT molecular complexity index is 1220. The maximum absolute atomic E-state index is 13.8. The van der Waals surface area contributed by atoms with Gasteiger partial charge in [-0.1, -0.05) is 47.1 Å². The van der Waals surface area contributed by atoms with Crippen LogP contribution in [0.4, 0.5) is 10.3 Å². The molecule has 8 nitrogen and oxygen atoms in total. The van der Waals surface area contributed by atoms with E-state index >= 15 is 0 Å². The molecule has 10 heteroatoms. The molecule has 0 aliphatic carbocycles. The molecule has 0 spiro atoms. The van der Waals surface area contributed by atoms with E-state index in [4.69, 9.17) is 20.9 Å². The van der Waals surface area contributed by atoms with Gasteiger partial charge in [-0.05, 0) is 30.7 Å². The maximum atomic E-state index is 13.8. The van der Waals surface area contributed by atoms with Crippen molar-refractivity contribution in [2.24, 2.45) is 0 Å². The predicted octanol–water partition coefficient (Wildman–Crippen LogP) is 4.25. The molecule has 0 unspecified atom stereocenters. The fraction of sp³-hybridized carbons (Fsp3) is 0.143. The second-order valence-corrected chi connectivity index (χ2v) is 7.00. The van der Waals surface area contributed by atoms with Crippen molar-refractivity contribution in [3.63, 3.8) is 0 Å². The molecular formula is C21H17ClFN5O3. The van der Waals surface area contributed by atoms with E-state index in [2.05, 4.69) is 20.6 Å². The Hall–Kier alpha value is -3.72. The van der Waals surface area contributed by atoms with Gasteiger partial charge in [-0.2, -0.15) is 0 Å². The largest absolute Gasteiger partial charge is 0.486 e. The minimum Gasteiger partial charge on any atom is -0.486 e. The highest BCUT2D eigenvalue weighted by molar-refractivity contribution is 6.31. The summed E-state index contributed by atoms with van der Waals surface area (Å²) in [7, 11) is 0. The van der Waals surface area contributed by atoms with Gasteiger partial charge < -0.3 is 9.26 Å². The van der Waals surface area contributed by atoms with E-state index in [1.807, 2.05) is 18.2 Å². The van der Waals surface area contributed by atoms with Gasteiger partial charge in [0.05, 0.1) is 12.1 Å². The van der Waals surface area contributed by atoms with Gasteiger partial charge in [0.15, 0.2) is 17.3 Å². The Morgan fingerprint density at radius 1 is 1.23 bits per heavy atom. The van der Waals surface area contributed by atoms with Gasteiger partial charge in [0, 0.05) is 5.02 Å². The molecule has 2 aromatic heterocycles. The number of benzene rings is 2. The number of nitrogens with one attached hydrogen (secondary N) is 1. The minimum absolute atomic E-state index is 0.0105. The molecule has 0 aliphatic rings. The highest BCUT2D eigenvalue weighted by Gasteiger charge is 2.22. The summed E-state index contributed by atoms with van der Waals surface area (Å²) in [6.45, 7) is 1.95. The molecular weight excluding hydrogens is 425 g/mol. The van der Waals surface area contributed by atoms with Crippen LogP contribution in [0.3, 0.4) is 0 Å². The number of halogens is 2.